The van der Waals surface area contributed by atoms with Gasteiger partial charge in [-0.3, -0.25) is 9.59 Å². The zero-order valence-corrected chi connectivity index (χ0v) is 12.9. The molecular formula is C13H23N3O2S. The largest absolute Gasteiger partial charge is 0.392 e. The maximum Gasteiger partial charge on any atom is 0.245 e. The number of piperazine rings is 1. The van der Waals surface area contributed by atoms with Crippen LogP contribution in [0.15, 0.2) is 0 Å². The normalized spacial score (nSPS) is 18.9. The molecule has 6 heteroatoms. The number of hydrogen-bond donors (Lipinski definition) is 2. The van der Waals surface area contributed by atoms with Crippen LogP contribution >= 0.6 is 12.2 Å². The number of carbonyl (C=O) groups excluding carboxylic acids is 2. The molecule has 0 bridgehead atoms. The van der Waals surface area contributed by atoms with E-state index < -0.39 is 11.0 Å². The molecule has 0 aromatic rings. The van der Waals surface area contributed by atoms with Gasteiger partial charge >= 0.3 is 0 Å². The van der Waals surface area contributed by atoms with Gasteiger partial charge in [0.25, 0.3) is 0 Å². The van der Waals surface area contributed by atoms with E-state index in [-0.39, 0.29) is 16.8 Å². The Balaban J connectivity index is 3.16. The first kappa shape index (κ1) is 15.9. The highest BCUT2D eigenvalue weighted by Gasteiger charge is 2.48. The van der Waals surface area contributed by atoms with E-state index >= 15 is 0 Å². The van der Waals surface area contributed by atoms with Crippen LogP contribution in [0.3, 0.4) is 0 Å². The first-order valence-electron chi connectivity index (χ1n) is 6.64. The molecule has 0 unspecified atom stereocenters. The Morgan fingerprint density at radius 3 is 2.42 bits per heavy atom. The van der Waals surface area contributed by atoms with Gasteiger partial charge in [0, 0.05) is 13.1 Å². The number of carbonyl (C=O) groups is 2. The molecule has 0 saturated carbocycles. The molecule has 1 rings (SSSR count). The lowest BCUT2D eigenvalue weighted by Gasteiger charge is -2.45. The van der Waals surface area contributed by atoms with Crippen LogP contribution in [0.25, 0.3) is 0 Å². The van der Waals surface area contributed by atoms with Crippen LogP contribution in [-0.2, 0) is 9.59 Å². The first-order valence-corrected chi connectivity index (χ1v) is 7.05. The van der Waals surface area contributed by atoms with Crippen LogP contribution < -0.4 is 11.1 Å². The summed E-state index contributed by atoms with van der Waals surface area (Å²) in [5.41, 5.74) is 4.10. The van der Waals surface area contributed by atoms with E-state index in [0.29, 0.717) is 25.9 Å². The summed E-state index contributed by atoms with van der Waals surface area (Å²) in [4.78, 5) is 26.6. The molecule has 2 amide bonds. The Kier molecular flexibility index (Phi) is 4.55. The lowest BCUT2D eigenvalue weighted by Crippen LogP contribution is -2.66. The van der Waals surface area contributed by atoms with Crippen molar-refractivity contribution < 1.29 is 9.59 Å². The minimum Gasteiger partial charge on any atom is -0.392 e. The Hall–Kier alpha value is -1.17. The summed E-state index contributed by atoms with van der Waals surface area (Å²) in [6.45, 7) is 8.25. The second-order valence-corrected chi connectivity index (χ2v) is 5.86. The predicted molar refractivity (Wildman–Crippen MR) is 78.6 cm³/mol. The van der Waals surface area contributed by atoms with E-state index in [4.69, 9.17) is 18.0 Å². The number of nitrogens with zero attached hydrogens (tertiary/aromatic N) is 1. The van der Waals surface area contributed by atoms with Crippen LogP contribution in [-0.4, -0.2) is 40.3 Å². The summed E-state index contributed by atoms with van der Waals surface area (Å²) in [5.74, 6) is -0.277. The molecule has 5 nitrogen and oxygen atoms in total. The van der Waals surface area contributed by atoms with Gasteiger partial charge < -0.3 is 16.0 Å². The van der Waals surface area contributed by atoms with Gasteiger partial charge in [0.1, 0.15) is 5.54 Å². The smallest absolute Gasteiger partial charge is 0.245 e. The maximum absolute atomic E-state index is 12.9. The van der Waals surface area contributed by atoms with Crippen LogP contribution in [0.2, 0.25) is 0 Å². The standard InChI is InChI=1S/C13H23N3O2S/c1-5-13(6-2,9(14)19)11(18)16-8-7-15-10(17)12(16,3)4/h5-8H2,1-4H3,(H2,14,19)(H,15,17). The van der Waals surface area contributed by atoms with Gasteiger partial charge in [-0.05, 0) is 26.7 Å². The average molecular weight is 285 g/mol. The molecule has 0 aliphatic carbocycles. The summed E-state index contributed by atoms with van der Waals surface area (Å²) in [7, 11) is 0. The maximum atomic E-state index is 12.9. The van der Waals surface area contributed by atoms with Gasteiger partial charge in [0.15, 0.2) is 0 Å². The van der Waals surface area contributed by atoms with Crippen LogP contribution in [0.5, 0.6) is 0 Å². The number of thiocarbonyl (C=S) groups is 1. The van der Waals surface area contributed by atoms with E-state index in [9.17, 15) is 9.59 Å². The Morgan fingerprint density at radius 1 is 1.47 bits per heavy atom. The number of amides is 2. The van der Waals surface area contributed by atoms with E-state index in [1.165, 1.54) is 0 Å². The predicted octanol–water partition coefficient (Wildman–Crippen LogP) is 0.816. The summed E-state index contributed by atoms with van der Waals surface area (Å²) < 4.78 is 0. The minimum absolute atomic E-state index is 0.134. The van der Waals surface area contributed by atoms with Gasteiger partial charge in [-0.2, -0.15) is 0 Å². The molecule has 108 valence electrons. The Bertz CT molecular complexity index is 403. The molecule has 0 aromatic carbocycles. The second kappa shape index (κ2) is 5.45. The highest BCUT2D eigenvalue weighted by atomic mass is 32.1. The van der Waals surface area contributed by atoms with Crippen molar-refractivity contribution in [3.05, 3.63) is 0 Å². The molecule has 0 atom stereocenters. The van der Waals surface area contributed by atoms with Gasteiger partial charge in [-0.25, -0.2) is 0 Å². The van der Waals surface area contributed by atoms with Crippen molar-refractivity contribution in [1.29, 1.82) is 0 Å². The lowest BCUT2D eigenvalue weighted by atomic mass is 9.79. The van der Waals surface area contributed by atoms with E-state index in [2.05, 4.69) is 5.32 Å². The first-order chi connectivity index (χ1) is 8.74. The van der Waals surface area contributed by atoms with Gasteiger partial charge in [-0.1, -0.05) is 26.1 Å². The van der Waals surface area contributed by atoms with Crippen molar-refractivity contribution in [3.8, 4) is 0 Å². The molecule has 1 saturated heterocycles. The van der Waals surface area contributed by atoms with E-state index in [1.807, 2.05) is 13.8 Å². The molecule has 0 radical (unpaired) electrons. The SMILES string of the molecule is CCC(CC)(C(=O)N1CCNC(=O)C1(C)C)C(N)=S. The Labute approximate surface area is 119 Å². The van der Waals surface area contributed by atoms with Crippen molar-refractivity contribution in [2.45, 2.75) is 46.1 Å². The average Bonchev–Trinajstić information content (AvgIpc) is 2.34. The number of rotatable bonds is 4. The molecule has 0 spiro atoms. The van der Waals surface area contributed by atoms with Gasteiger partial charge in [-0.15, -0.1) is 0 Å². The molecule has 1 aliphatic heterocycles. The zero-order chi connectivity index (χ0) is 14.8. The van der Waals surface area contributed by atoms with E-state index in [0.717, 1.165) is 0 Å². The molecule has 1 fully saturated rings. The van der Waals surface area contributed by atoms with Crippen molar-refractivity contribution >= 4 is 29.0 Å². The van der Waals surface area contributed by atoms with Crippen molar-refractivity contribution in [1.82, 2.24) is 10.2 Å². The zero-order valence-electron chi connectivity index (χ0n) is 12.1. The fourth-order valence-electron chi connectivity index (χ4n) is 2.52. The van der Waals surface area contributed by atoms with Crippen LogP contribution in [0.4, 0.5) is 0 Å². The van der Waals surface area contributed by atoms with Gasteiger partial charge in [0.05, 0.1) is 10.4 Å². The third-order valence-electron chi connectivity index (χ3n) is 4.18. The summed E-state index contributed by atoms with van der Waals surface area (Å²) in [6.07, 6.45) is 1.09. The third kappa shape index (κ3) is 2.45. The second-order valence-electron chi connectivity index (χ2n) is 5.43. The van der Waals surface area contributed by atoms with Crippen LogP contribution in [0.1, 0.15) is 40.5 Å². The number of nitrogens with two attached hydrogens (primary N) is 1. The van der Waals surface area contributed by atoms with E-state index in [1.54, 1.807) is 18.7 Å². The molecule has 3 N–H and O–H groups in total. The molecule has 1 heterocycles. The van der Waals surface area contributed by atoms with Crippen LogP contribution in [0, 0.1) is 5.41 Å². The topological polar surface area (TPSA) is 75.4 Å². The fraction of sp³-hybridized carbons (Fsp3) is 0.769. The Morgan fingerprint density at radius 2 is 2.00 bits per heavy atom. The molecule has 0 aromatic heterocycles. The third-order valence-corrected chi connectivity index (χ3v) is 4.58. The molecule has 19 heavy (non-hydrogen) atoms. The number of hydrogen-bond acceptors (Lipinski definition) is 3. The highest BCUT2D eigenvalue weighted by Crippen LogP contribution is 2.33. The molecular weight excluding hydrogens is 262 g/mol. The summed E-state index contributed by atoms with van der Waals surface area (Å²) in [6, 6.07) is 0. The van der Waals surface area contributed by atoms with Crippen molar-refractivity contribution in [2.75, 3.05) is 13.1 Å². The monoisotopic (exact) mass is 285 g/mol. The summed E-state index contributed by atoms with van der Waals surface area (Å²) in [5, 5.41) is 2.78. The number of nitrogens with one attached hydrogen (secondary N) is 1. The fourth-order valence-corrected chi connectivity index (χ4v) is 2.90. The minimum atomic E-state index is -0.865. The quantitative estimate of drug-likeness (QED) is 0.750. The molecule has 1 aliphatic rings. The van der Waals surface area contributed by atoms with Gasteiger partial charge in [0.2, 0.25) is 11.8 Å². The van der Waals surface area contributed by atoms with Crippen molar-refractivity contribution in [3.63, 3.8) is 0 Å². The van der Waals surface area contributed by atoms with Crippen molar-refractivity contribution in [2.24, 2.45) is 11.1 Å². The summed E-state index contributed by atoms with van der Waals surface area (Å²) >= 11 is 5.11. The lowest BCUT2D eigenvalue weighted by molar-refractivity contribution is -0.154. The highest BCUT2D eigenvalue weighted by molar-refractivity contribution is 7.80.